The van der Waals surface area contributed by atoms with Gasteiger partial charge in [0, 0.05) is 30.2 Å². The van der Waals surface area contributed by atoms with Crippen LogP contribution in [0.5, 0.6) is 11.5 Å². The third-order valence-electron chi connectivity index (χ3n) is 2.29. The number of hydrogen-bond acceptors (Lipinski definition) is 6. The van der Waals surface area contributed by atoms with E-state index in [0.717, 1.165) is 0 Å². The second-order valence-corrected chi connectivity index (χ2v) is 3.93. The average Bonchev–Trinajstić information content (AvgIpc) is 2.56. The van der Waals surface area contributed by atoms with Gasteiger partial charge in [-0.05, 0) is 24.3 Å². The average molecular weight is 360 g/mol. The largest absolute Gasteiger partial charge is 0.507 e. The van der Waals surface area contributed by atoms with E-state index in [2.05, 4.69) is 0 Å². The number of aromatic hydroxyl groups is 2. The van der Waals surface area contributed by atoms with E-state index in [1.807, 2.05) is 0 Å². The molecule has 0 aromatic heterocycles. The fourth-order valence-electron chi connectivity index (χ4n) is 1.17. The molecule has 7 heteroatoms. The monoisotopic (exact) mass is 360 g/mol. The van der Waals surface area contributed by atoms with Gasteiger partial charge in [0.1, 0.15) is 11.5 Å². The summed E-state index contributed by atoms with van der Waals surface area (Å²) in [5.41, 5.74) is 10.5. The Hall–Kier alpha value is -2.18. The number of nitrogens with two attached hydrogens (primary N) is 2. The second-order valence-electron chi connectivity index (χ2n) is 3.93. The summed E-state index contributed by atoms with van der Waals surface area (Å²) in [6.45, 7) is 1.19. The van der Waals surface area contributed by atoms with Crippen molar-refractivity contribution in [3.63, 3.8) is 0 Å². The summed E-state index contributed by atoms with van der Waals surface area (Å²) in [4.78, 5) is 20.1. The molecule has 0 bridgehead atoms. The van der Waals surface area contributed by atoms with Crippen LogP contribution in [0.2, 0.25) is 0 Å². The van der Waals surface area contributed by atoms with Crippen molar-refractivity contribution >= 4 is 12.6 Å². The molecule has 0 atom stereocenters. The second kappa shape index (κ2) is 14.7. The number of rotatable bonds is 3. The van der Waals surface area contributed by atoms with Crippen LogP contribution < -0.4 is 11.5 Å². The zero-order chi connectivity index (χ0) is 16.8. The van der Waals surface area contributed by atoms with Crippen LogP contribution in [0.1, 0.15) is 20.7 Å². The zero-order valence-electron chi connectivity index (χ0n) is 12.4. The Morgan fingerprint density at radius 1 is 0.739 bits per heavy atom. The van der Waals surface area contributed by atoms with Crippen LogP contribution in [-0.4, -0.2) is 35.9 Å². The van der Waals surface area contributed by atoms with Crippen molar-refractivity contribution in [1.29, 1.82) is 0 Å². The van der Waals surface area contributed by atoms with E-state index in [9.17, 15) is 9.59 Å². The predicted molar refractivity (Wildman–Crippen MR) is 85.1 cm³/mol. The molecule has 0 spiro atoms. The van der Waals surface area contributed by atoms with Crippen molar-refractivity contribution < 1.29 is 36.9 Å². The van der Waals surface area contributed by atoms with Crippen molar-refractivity contribution in [2.75, 3.05) is 13.1 Å². The van der Waals surface area contributed by atoms with Crippen LogP contribution in [0.3, 0.4) is 0 Å². The summed E-state index contributed by atoms with van der Waals surface area (Å²) in [6.07, 6.45) is 1.24. The van der Waals surface area contributed by atoms with Crippen molar-refractivity contribution in [2.24, 2.45) is 11.5 Å². The molecule has 2 aromatic rings. The first-order valence-electron chi connectivity index (χ1n) is 6.47. The molecule has 6 nitrogen and oxygen atoms in total. The van der Waals surface area contributed by atoms with Gasteiger partial charge in [-0.25, -0.2) is 0 Å². The molecule has 0 radical (unpaired) electrons. The number of aldehydes is 2. The Bertz CT molecular complexity index is 528. The molecular weight excluding hydrogens is 340 g/mol. The number of hydrogen-bond donors (Lipinski definition) is 4. The van der Waals surface area contributed by atoms with Gasteiger partial charge in [-0.15, -0.1) is 0 Å². The molecule has 0 aliphatic carbocycles. The molecule has 2 aromatic carbocycles. The van der Waals surface area contributed by atoms with E-state index < -0.39 is 0 Å². The van der Waals surface area contributed by atoms with Gasteiger partial charge in [-0.1, -0.05) is 24.3 Å². The summed E-state index contributed by atoms with van der Waals surface area (Å²) in [7, 11) is 0. The molecule has 126 valence electrons. The number of phenolic OH excluding ortho intramolecular Hbond substituents is 2. The standard InChI is InChI=1S/2C7H6O2.C2H8N2.Fe/c2*8-5-6-3-1-2-4-7(6)9;3-1-2-4;/h2*1-5,9H;1-4H2;. The van der Waals surface area contributed by atoms with Crippen molar-refractivity contribution in [3.05, 3.63) is 59.7 Å². The van der Waals surface area contributed by atoms with Gasteiger partial charge in [0.25, 0.3) is 0 Å². The van der Waals surface area contributed by atoms with E-state index in [-0.39, 0.29) is 28.6 Å². The normalized spacial score (nSPS) is 8.26. The third-order valence-corrected chi connectivity index (χ3v) is 2.29. The molecular formula is C16H20FeN2O4. The molecule has 2 rings (SSSR count). The fourth-order valence-corrected chi connectivity index (χ4v) is 1.17. The third kappa shape index (κ3) is 10.2. The molecule has 0 aliphatic heterocycles. The molecule has 0 heterocycles. The number of phenols is 2. The summed E-state index contributed by atoms with van der Waals surface area (Å²) in [5, 5.41) is 17.8. The van der Waals surface area contributed by atoms with E-state index >= 15 is 0 Å². The van der Waals surface area contributed by atoms with Crippen molar-refractivity contribution in [3.8, 4) is 11.5 Å². The van der Waals surface area contributed by atoms with E-state index in [4.69, 9.17) is 21.7 Å². The maximum absolute atomic E-state index is 10.1. The minimum Gasteiger partial charge on any atom is -0.507 e. The first-order valence-corrected chi connectivity index (χ1v) is 6.47. The van der Waals surface area contributed by atoms with Crippen molar-refractivity contribution in [1.82, 2.24) is 0 Å². The first kappa shape index (κ1) is 23.1. The predicted octanol–water partition coefficient (Wildman–Crippen LogP) is 1.31. The van der Waals surface area contributed by atoms with Crippen LogP contribution in [0.4, 0.5) is 0 Å². The smallest absolute Gasteiger partial charge is 0.153 e. The van der Waals surface area contributed by atoms with Gasteiger partial charge >= 0.3 is 0 Å². The Morgan fingerprint density at radius 2 is 1.04 bits per heavy atom. The maximum Gasteiger partial charge on any atom is 0.153 e. The first-order chi connectivity index (χ1) is 10.6. The van der Waals surface area contributed by atoms with E-state index in [0.29, 0.717) is 36.8 Å². The Balaban J connectivity index is 0. The Kier molecular flexibility index (Phi) is 14.8. The summed E-state index contributed by atoms with van der Waals surface area (Å²) in [6, 6.07) is 12.8. The van der Waals surface area contributed by atoms with Crippen LogP contribution in [0.25, 0.3) is 0 Å². The Morgan fingerprint density at radius 3 is 1.22 bits per heavy atom. The van der Waals surface area contributed by atoms with E-state index in [1.54, 1.807) is 36.4 Å². The SMILES string of the molecule is NCCN.O=Cc1ccccc1O.O=Cc1ccccc1O.[Fe]. The van der Waals surface area contributed by atoms with Gasteiger partial charge in [0.05, 0.1) is 11.1 Å². The minimum atomic E-state index is 0. The quantitative estimate of drug-likeness (QED) is 0.483. The number of para-hydroxylation sites is 2. The molecule has 0 saturated carbocycles. The minimum absolute atomic E-state index is 0. The van der Waals surface area contributed by atoms with Gasteiger partial charge in [-0.2, -0.15) is 0 Å². The molecule has 23 heavy (non-hydrogen) atoms. The van der Waals surface area contributed by atoms with Gasteiger partial charge in [0.2, 0.25) is 0 Å². The molecule has 0 fully saturated rings. The zero-order valence-corrected chi connectivity index (χ0v) is 13.5. The summed E-state index contributed by atoms with van der Waals surface area (Å²) >= 11 is 0. The Labute approximate surface area is 145 Å². The van der Waals surface area contributed by atoms with Gasteiger partial charge < -0.3 is 21.7 Å². The number of carbonyl (C=O) groups is 2. The van der Waals surface area contributed by atoms with Gasteiger partial charge in [-0.3, -0.25) is 9.59 Å². The van der Waals surface area contributed by atoms with Crippen LogP contribution in [0.15, 0.2) is 48.5 Å². The van der Waals surface area contributed by atoms with Crippen LogP contribution in [0, 0.1) is 0 Å². The van der Waals surface area contributed by atoms with Crippen molar-refractivity contribution in [2.45, 2.75) is 0 Å². The molecule has 0 amide bonds. The number of carbonyl (C=O) groups excluding carboxylic acids is 2. The van der Waals surface area contributed by atoms with Crippen LogP contribution >= 0.6 is 0 Å². The number of benzene rings is 2. The summed E-state index contributed by atoms with van der Waals surface area (Å²) < 4.78 is 0. The maximum atomic E-state index is 10.1. The summed E-state index contributed by atoms with van der Waals surface area (Å²) in [5.74, 6) is 0.0694. The molecule has 6 N–H and O–H groups in total. The topological polar surface area (TPSA) is 127 Å². The van der Waals surface area contributed by atoms with Crippen LogP contribution in [-0.2, 0) is 17.1 Å². The molecule has 0 unspecified atom stereocenters. The molecule has 0 aliphatic rings. The van der Waals surface area contributed by atoms with Gasteiger partial charge in [0.15, 0.2) is 12.6 Å². The molecule has 0 saturated heterocycles. The fraction of sp³-hybridized carbons (Fsp3) is 0.125. The van der Waals surface area contributed by atoms with E-state index in [1.165, 1.54) is 12.1 Å².